The van der Waals surface area contributed by atoms with Crippen molar-refractivity contribution >= 4 is 11.8 Å². The number of epoxide rings is 1. The third kappa shape index (κ3) is 11.1. The van der Waals surface area contributed by atoms with E-state index in [2.05, 4.69) is 25.7 Å². The highest BCUT2D eigenvalue weighted by Crippen LogP contribution is 2.33. The van der Waals surface area contributed by atoms with Gasteiger partial charge in [-0.25, -0.2) is 4.79 Å². The van der Waals surface area contributed by atoms with Gasteiger partial charge in [-0.05, 0) is 77.2 Å². The molecule has 0 bridgehead atoms. The van der Waals surface area contributed by atoms with E-state index in [1.54, 1.807) is 34.6 Å². The van der Waals surface area contributed by atoms with Crippen molar-refractivity contribution in [1.29, 1.82) is 0 Å². The number of ketones is 1. The number of aliphatic hydroxyl groups is 4. The number of hydrogen-bond donors (Lipinski definition) is 4. The zero-order chi connectivity index (χ0) is 30.2. The van der Waals surface area contributed by atoms with Crippen LogP contribution in [0, 0.1) is 11.8 Å². The molecule has 9 atom stereocenters. The molecule has 0 saturated carbocycles. The number of aliphatic hydroxyl groups excluding tert-OH is 3. The van der Waals surface area contributed by atoms with Gasteiger partial charge in [0.05, 0.1) is 30.0 Å². The molecule has 2 aliphatic rings. The molecule has 0 aromatic rings. The van der Waals surface area contributed by atoms with Crippen LogP contribution in [0.15, 0.2) is 47.6 Å². The molecule has 2 aliphatic heterocycles. The molecule has 4 N–H and O–H groups in total. The fraction of sp³-hybridized carbons (Fsp3) is 0.688. The van der Waals surface area contributed by atoms with Crippen LogP contribution in [0.5, 0.6) is 0 Å². The first-order chi connectivity index (χ1) is 18.6. The normalized spacial score (nSPS) is 42.0. The summed E-state index contributed by atoms with van der Waals surface area (Å²) in [6.07, 6.45) is 5.95. The second kappa shape index (κ2) is 15.2. The molecular formula is C32H50O8. The van der Waals surface area contributed by atoms with Crippen LogP contribution >= 0.6 is 0 Å². The van der Waals surface area contributed by atoms with Crippen molar-refractivity contribution < 1.29 is 39.5 Å². The Hall–Kier alpha value is -2.10. The van der Waals surface area contributed by atoms with Gasteiger partial charge in [-0.3, -0.25) is 4.79 Å². The van der Waals surface area contributed by atoms with Gasteiger partial charge in [0.15, 0.2) is 5.78 Å². The molecule has 0 spiro atoms. The van der Waals surface area contributed by atoms with Gasteiger partial charge in [0, 0.05) is 18.4 Å². The quantitative estimate of drug-likeness (QED) is 0.197. The van der Waals surface area contributed by atoms with E-state index in [0.29, 0.717) is 23.5 Å². The van der Waals surface area contributed by atoms with Gasteiger partial charge in [-0.2, -0.15) is 0 Å². The maximum absolute atomic E-state index is 12.6. The molecule has 1 saturated heterocycles. The Bertz CT molecular complexity index is 977. The highest BCUT2D eigenvalue weighted by molar-refractivity contribution is 5.87. The molecule has 8 nitrogen and oxygen atoms in total. The van der Waals surface area contributed by atoms with Crippen molar-refractivity contribution in [2.24, 2.45) is 11.8 Å². The van der Waals surface area contributed by atoms with Crippen molar-refractivity contribution in [3.63, 3.8) is 0 Å². The second-order valence-electron chi connectivity index (χ2n) is 12.2. The zero-order valence-electron chi connectivity index (χ0n) is 25.0. The average Bonchev–Trinajstić information content (AvgIpc) is 3.58. The van der Waals surface area contributed by atoms with Crippen molar-refractivity contribution in [1.82, 2.24) is 0 Å². The van der Waals surface area contributed by atoms with E-state index in [4.69, 9.17) is 9.47 Å². The van der Waals surface area contributed by atoms with Crippen molar-refractivity contribution in [2.45, 2.75) is 129 Å². The highest BCUT2D eigenvalue weighted by Gasteiger charge is 2.37. The number of carbonyl (C=O) groups excluding carboxylic acids is 2. The summed E-state index contributed by atoms with van der Waals surface area (Å²) in [5.74, 6) is -1.40. The summed E-state index contributed by atoms with van der Waals surface area (Å²) in [7, 11) is 0. The first-order valence-corrected chi connectivity index (χ1v) is 14.5. The molecular weight excluding hydrogens is 512 g/mol. The first-order valence-electron chi connectivity index (χ1n) is 14.5. The van der Waals surface area contributed by atoms with Gasteiger partial charge in [0.25, 0.3) is 0 Å². The summed E-state index contributed by atoms with van der Waals surface area (Å²) < 4.78 is 11.3. The van der Waals surface area contributed by atoms with Gasteiger partial charge < -0.3 is 29.9 Å². The molecule has 0 aromatic carbocycles. The molecule has 2 rings (SSSR count). The Morgan fingerprint density at radius 1 is 1.02 bits per heavy atom. The molecule has 1 fully saturated rings. The summed E-state index contributed by atoms with van der Waals surface area (Å²) in [5, 5.41) is 42.6. The number of fused-ring (bicyclic) bond motifs is 1. The summed E-state index contributed by atoms with van der Waals surface area (Å²) in [4.78, 5) is 25.1. The highest BCUT2D eigenvalue weighted by atomic mass is 16.6. The smallest absolute Gasteiger partial charge is 0.333 e. The summed E-state index contributed by atoms with van der Waals surface area (Å²) in [5.41, 5.74) is 0.569. The van der Waals surface area contributed by atoms with Gasteiger partial charge in [-0.1, -0.05) is 50.3 Å². The zero-order valence-corrected chi connectivity index (χ0v) is 25.0. The van der Waals surface area contributed by atoms with Crippen molar-refractivity contribution in [2.75, 3.05) is 0 Å². The van der Waals surface area contributed by atoms with E-state index in [1.807, 2.05) is 12.2 Å². The number of esters is 1. The summed E-state index contributed by atoms with van der Waals surface area (Å²) >= 11 is 0. The minimum absolute atomic E-state index is 0.100. The number of carbonyl (C=O) groups is 2. The van der Waals surface area contributed by atoms with Crippen LogP contribution in [0.25, 0.3) is 0 Å². The van der Waals surface area contributed by atoms with E-state index in [-0.39, 0.29) is 25.0 Å². The van der Waals surface area contributed by atoms with Crippen molar-refractivity contribution in [3.05, 3.63) is 47.6 Å². The minimum atomic E-state index is -1.71. The minimum Gasteiger partial charge on any atom is -0.459 e. The molecule has 0 unspecified atom stereocenters. The second-order valence-corrected chi connectivity index (χ2v) is 12.2. The predicted molar refractivity (Wildman–Crippen MR) is 154 cm³/mol. The van der Waals surface area contributed by atoms with Crippen LogP contribution in [-0.2, 0) is 19.1 Å². The monoisotopic (exact) mass is 562 g/mol. The fourth-order valence-corrected chi connectivity index (χ4v) is 5.21. The van der Waals surface area contributed by atoms with Crippen LogP contribution < -0.4 is 0 Å². The van der Waals surface area contributed by atoms with Crippen LogP contribution in [0.2, 0.25) is 0 Å². The van der Waals surface area contributed by atoms with Gasteiger partial charge in [-0.15, -0.1) is 0 Å². The standard InChI is InChI=1S/C32H50O8/c1-19-13-20(2)15-28-27(40-28)12-10-8-9-11-21(3)31(37)39-24(6)16-22(4)29(35)30(36)26(34)17-25(33)18-32(7,38)23(5)14-19/h10-12,14,20,22,24-25,27-30,33,35-36,38H,1,8-9,13,15-18H2,2-7H3/b12-10+,21-11+,23-14+/t20-,22-,24+,25-,27+,28+,29-,30+,32-/m0/s1. The molecule has 8 heteroatoms. The van der Waals surface area contributed by atoms with Crippen LogP contribution in [0.1, 0.15) is 86.5 Å². The summed E-state index contributed by atoms with van der Waals surface area (Å²) in [6.45, 7) is 14.7. The number of allylic oxidation sites excluding steroid dienone is 4. The van der Waals surface area contributed by atoms with E-state index >= 15 is 0 Å². The van der Waals surface area contributed by atoms with Crippen LogP contribution in [0.3, 0.4) is 0 Å². The Balaban J connectivity index is 2.15. The lowest BCUT2D eigenvalue weighted by Crippen LogP contribution is -2.41. The molecule has 226 valence electrons. The molecule has 0 aliphatic carbocycles. The number of cyclic esters (lactones) is 1. The predicted octanol–water partition coefficient (Wildman–Crippen LogP) is 4.11. The average molecular weight is 563 g/mol. The third-order valence-electron chi connectivity index (χ3n) is 7.89. The molecule has 2 heterocycles. The number of ether oxygens (including phenoxy) is 2. The van der Waals surface area contributed by atoms with Gasteiger partial charge in [0.1, 0.15) is 12.2 Å². The third-order valence-corrected chi connectivity index (χ3v) is 7.89. The summed E-state index contributed by atoms with van der Waals surface area (Å²) in [6, 6.07) is 0. The lowest BCUT2D eigenvalue weighted by atomic mass is 9.85. The first kappa shape index (κ1) is 34.1. The van der Waals surface area contributed by atoms with E-state index in [1.165, 1.54) is 0 Å². The van der Waals surface area contributed by atoms with Gasteiger partial charge >= 0.3 is 5.97 Å². The maximum atomic E-state index is 12.6. The number of Topliss-reactive ketones (excluding diaryl/α,β-unsaturated/α-hetero) is 1. The Labute approximate surface area is 239 Å². The largest absolute Gasteiger partial charge is 0.459 e. The van der Waals surface area contributed by atoms with Crippen molar-refractivity contribution in [3.8, 4) is 0 Å². The Morgan fingerprint density at radius 3 is 2.38 bits per heavy atom. The molecule has 0 radical (unpaired) electrons. The van der Waals surface area contributed by atoms with Gasteiger partial charge in [0.2, 0.25) is 0 Å². The number of rotatable bonds is 0. The topological polar surface area (TPSA) is 137 Å². The van der Waals surface area contributed by atoms with Crippen LogP contribution in [-0.4, -0.2) is 74.4 Å². The SMILES string of the molecule is C=C1/C=C(\C)[C@@](C)(O)C[C@@H](O)CC(=O)[C@@H](O)[C@@H](O)[C@@H](C)C[C@@H](C)OC(=O)/C(C)=C/CC/C=C/[C@H]2O[C@@H]2C[C@@H](C)C1. The van der Waals surface area contributed by atoms with E-state index in [9.17, 15) is 30.0 Å². The Kier molecular flexibility index (Phi) is 13.0. The van der Waals surface area contributed by atoms with E-state index in [0.717, 1.165) is 24.8 Å². The maximum Gasteiger partial charge on any atom is 0.333 e. The molecule has 0 amide bonds. The fourth-order valence-electron chi connectivity index (χ4n) is 5.21. The lowest BCUT2D eigenvalue weighted by Gasteiger charge is -2.29. The number of hydrogen-bond acceptors (Lipinski definition) is 8. The van der Waals surface area contributed by atoms with Crippen LogP contribution in [0.4, 0.5) is 0 Å². The molecule has 40 heavy (non-hydrogen) atoms. The lowest BCUT2D eigenvalue weighted by molar-refractivity contribution is -0.146. The Morgan fingerprint density at radius 2 is 1.70 bits per heavy atom. The van der Waals surface area contributed by atoms with E-state index < -0.39 is 54.1 Å². The molecule has 0 aromatic heterocycles.